The lowest BCUT2D eigenvalue weighted by molar-refractivity contribution is -0.141. The molecular formula is C18H35N5O5S. The fourth-order valence-corrected chi connectivity index (χ4v) is 2.75. The van der Waals surface area contributed by atoms with Crippen molar-refractivity contribution in [1.29, 1.82) is 0 Å². The van der Waals surface area contributed by atoms with Crippen LogP contribution in [0.1, 0.15) is 46.5 Å². The summed E-state index contributed by atoms with van der Waals surface area (Å²) in [5.41, 5.74) is 11.0. The molecule has 0 saturated carbocycles. The van der Waals surface area contributed by atoms with Crippen molar-refractivity contribution in [2.24, 2.45) is 17.4 Å². The maximum Gasteiger partial charge on any atom is 0.327 e. The number of nitrogens with one attached hydrogen (secondary N) is 3. The van der Waals surface area contributed by atoms with Gasteiger partial charge in [0.25, 0.3) is 0 Å². The number of carboxylic acids is 1. The fraction of sp³-hybridized carbons (Fsp3) is 0.778. The minimum atomic E-state index is -1.22. The number of rotatable bonds is 14. The topological polar surface area (TPSA) is 177 Å². The molecule has 0 aromatic carbocycles. The highest BCUT2D eigenvalue weighted by molar-refractivity contribution is 7.80. The second kappa shape index (κ2) is 14.2. The minimum Gasteiger partial charge on any atom is -0.480 e. The lowest BCUT2D eigenvalue weighted by atomic mass is 10.0. The molecular weight excluding hydrogens is 398 g/mol. The van der Waals surface area contributed by atoms with Crippen LogP contribution in [0.2, 0.25) is 0 Å². The van der Waals surface area contributed by atoms with Gasteiger partial charge in [-0.3, -0.25) is 14.4 Å². The van der Waals surface area contributed by atoms with E-state index in [1.807, 2.05) is 13.8 Å². The number of hydrogen-bond donors (Lipinski definition) is 7. The van der Waals surface area contributed by atoms with Gasteiger partial charge in [-0.25, -0.2) is 4.79 Å². The van der Waals surface area contributed by atoms with Crippen LogP contribution >= 0.6 is 12.6 Å². The van der Waals surface area contributed by atoms with Gasteiger partial charge in [-0.2, -0.15) is 12.6 Å². The predicted molar refractivity (Wildman–Crippen MR) is 113 cm³/mol. The molecule has 0 aliphatic rings. The highest BCUT2D eigenvalue weighted by Crippen LogP contribution is 2.08. The number of carbonyl (C=O) groups excluding carboxylic acids is 3. The summed E-state index contributed by atoms with van der Waals surface area (Å²) < 4.78 is 0. The molecule has 4 atom stereocenters. The molecule has 0 bridgehead atoms. The molecule has 0 aliphatic heterocycles. The Morgan fingerprint density at radius 3 is 1.86 bits per heavy atom. The van der Waals surface area contributed by atoms with Gasteiger partial charge in [0.05, 0.1) is 6.04 Å². The number of hydrogen-bond acceptors (Lipinski definition) is 7. The van der Waals surface area contributed by atoms with Gasteiger partial charge in [-0.1, -0.05) is 13.8 Å². The van der Waals surface area contributed by atoms with Crippen molar-refractivity contribution in [1.82, 2.24) is 16.0 Å². The Morgan fingerprint density at radius 1 is 0.897 bits per heavy atom. The number of nitrogens with two attached hydrogens (primary N) is 2. The van der Waals surface area contributed by atoms with Gasteiger partial charge < -0.3 is 32.5 Å². The molecule has 0 saturated heterocycles. The smallest absolute Gasteiger partial charge is 0.327 e. The van der Waals surface area contributed by atoms with Crippen molar-refractivity contribution in [2.75, 3.05) is 12.3 Å². The molecule has 0 aliphatic carbocycles. The van der Waals surface area contributed by atoms with Crippen LogP contribution in [0.4, 0.5) is 0 Å². The van der Waals surface area contributed by atoms with Crippen LogP contribution < -0.4 is 27.4 Å². The van der Waals surface area contributed by atoms with Crippen LogP contribution in [0, 0.1) is 5.92 Å². The Morgan fingerprint density at radius 2 is 1.41 bits per heavy atom. The summed E-state index contributed by atoms with van der Waals surface area (Å²) in [5.74, 6) is -2.88. The molecule has 168 valence electrons. The molecule has 8 N–H and O–H groups in total. The number of unbranched alkanes of at least 4 members (excludes halogenated alkanes) is 1. The highest BCUT2D eigenvalue weighted by Gasteiger charge is 2.29. The van der Waals surface area contributed by atoms with Crippen LogP contribution in [0.15, 0.2) is 0 Å². The van der Waals surface area contributed by atoms with E-state index in [2.05, 4.69) is 28.6 Å². The molecule has 29 heavy (non-hydrogen) atoms. The van der Waals surface area contributed by atoms with Crippen LogP contribution in [0.25, 0.3) is 0 Å². The van der Waals surface area contributed by atoms with Crippen LogP contribution in [-0.4, -0.2) is 65.3 Å². The molecule has 0 radical (unpaired) electrons. The zero-order valence-corrected chi connectivity index (χ0v) is 18.2. The predicted octanol–water partition coefficient (Wildman–Crippen LogP) is -1.02. The van der Waals surface area contributed by atoms with Gasteiger partial charge in [-0.05, 0) is 45.1 Å². The van der Waals surface area contributed by atoms with E-state index in [9.17, 15) is 19.2 Å². The maximum atomic E-state index is 12.8. The van der Waals surface area contributed by atoms with Crippen molar-refractivity contribution in [3.05, 3.63) is 0 Å². The zero-order chi connectivity index (χ0) is 22.6. The minimum absolute atomic E-state index is 0.0553. The average Bonchev–Trinajstić information content (AvgIpc) is 2.63. The Kier molecular flexibility index (Phi) is 13.3. The quantitative estimate of drug-likeness (QED) is 0.135. The molecule has 10 nitrogen and oxygen atoms in total. The summed E-state index contributed by atoms with van der Waals surface area (Å²) >= 11 is 3.92. The van der Waals surface area contributed by atoms with E-state index >= 15 is 0 Å². The SMILES string of the molecule is CC(C)CC(NC(=O)C(CCCCN)NC(=O)C(C)N)C(=O)NC(CS)C(=O)O. The molecule has 0 aromatic heterocycles. The first-order valence-electron chi connectivity index (χ1n) is 9.73. The Hall–Kier alpha value is -1.85. The first-order valence-corrected chi connectivity index (χ1v) is 10.4. The first kappa shape index (κ1) is 27.1. The molecule has 11 heteroatoms. The standard InChI is InChI=1S/C18H35N5O5S/c1-10(2)8-13(17(26)23-14(9-29)18(27)28)22-16(25)12(6-4-5-7-19)21-15(24)11(3)20/h10-14,29H,4-9,19-20H2,1-3H3,(H,21,24)(H,22,25)(H,23,26)(H,27,28). The number of carbonyl (C=O) groups is 4. The van der Waals surface area contributed by atoms with Crippen molar-refractivity contribution >= 4 is 36.3 Å². The molecule has 0 spiro atoms. The number of amides is 3. The van der Waals surface area contributed by atoms with Gasteiger partial charge in [0.15, 0.2) is 0 Å². The number of aliphatic carboxylic acids is 1. The lowest BCUT2D eigenvalue weighted by Gasteiger charge is -2.25. The van der Waals surface area contributed by atoms with Crippen LogP contribution in [-0.2, 0) is 19.2 Å². The first-order chi connectivity index (χ1) is 13.5. The van der Waals surface area contributed by atoms with E-state index in [4.69, 9.17) is 16.6 Å². The molecule has 0 aromatic rings. The van der Waals surface area contributed by atoms with Gasteiger partial charge >= 0.3 is 5.97 Å². The zero-order valence-electron chi connectivity index (χ0n) is 17.3. The summed E-state index contributed by atoms with van der Waals surface area (Å²) in [6.07, 6.45) is 1.92. The molecule has 0 heterocycles. The lowest BCUT2D eigenvalue weighted by Crippen LogP contribution is -2.57. The van der Waals surface area contributed by atoms with Crippen LogP contribution in [0.5, 0.6) is 0 Å². The summed E-state index contributed by atoms with van der Waals surface area (Å²) in [6.45, 7) is 5.70. The van der Waals surface area contributed by atoms with E-state index in [-0.39, 0.29) is 11.7 Å². The van der Waals surface area contributed by atoms with Gasteiger partial charge in [0.2, 0.25) is 17.7 Å². The van der Waals surface area contributed by atoms with E-state index in [1.54, 1.807) is 0 Å². The molecule has 4 unspecified atom stereocenters. The number of thiol groups is 1. The number of carboxylic acid groups (broad SMARTS) is 1. The fourth-order valence-electron chi connectivity index (χ4n) is 2.50. The van der Waals surface area contributed by atoms with Crippen molar-refractivity contribution in [2.45, 2.75) is 70.6 Å². The molecule has 0 rings (SSSR count). The van der Waals surface area contributed by atoms with Crippen molar-refractivity contribution in [3.8, 4) is 0 Å². The summed E-state index contributed by atoms with van der Waals surface area (Å²) in [6, 6.07) is -3.78. The van der Waals surface area contributed by atoms with E-state index in [0.29, 0.717) is 32.2 Å². The maximum absolute atomic E-state index is 12.8. The van der Waals surface area contributed by atoms with E-state index in [1.165, 1.54) is 6.92 Å². The van der Waals surface area contributed by atoms with Crippen LogP contribution in [0.3, 0.4) is 0 Å². The van der Waals surface area contributed by atoms with Gasteiger partial charge in [0.1, 0.15) is 18.1 Å². The Balaban J connectivity index is 5.29. The highest BCUT2D eigenvalue weighted by atomic mass is 32.1. The average molecular weight is 434 g/mol. The van der Waals surface area contributed by atoms with E-state index in [0.717, 1.165) is 0 Å². The Labute approximate surface area is 177 Å². The van der Waals surface area contributed by atoms with E-state index < -0.39 is 47.9 Å². The normalized spacial score (nSPS) is 15.1. The van der Waals surface area contributed by atoms with Crippen molar-refractivity contribution in [3.63, 3.8) is 0 Å². The summed E-state index contributed by atoms with van der Waals surface area (Å²) in [7, 11) is 0. The summed E-state index contributed by atoms with van der Waals surface area (Å²) in [4.78, 5) is 48.4. The third-order valence-electron chi connectivity index (χ3n) is 4.13. The largest absolute Gasteiger partial charge is 0.480 e. The second-order valence-electron chi connectivity index (χ2n) is 7.41. The second-order valence-corrected chi connectivity index (χ2v) is 7.77. The third-order valence-corrected chi connectivity index (χ3v) is 4.50. The monoisotopic (exact) mass is 433 g/mol. The van der Waals surface area contributed by atoms with Gasteiger partial charge in [0, 0.05) is 5.75 Å². The van der Waals surface area contributed by atoms with Gasteiger partial charge in [-0.15, -0.1) is 0 Å². The third kappa shape index (κ3) is 11.1. The molecule has 3 amide bonds. The Bertz CT molecular complexity index is 559. The van der Waals surface area contributed by atoms with Crippen molar-refractivity contribution < 1.29 is 24.3 Å². The molecule has 0 fully saturated rings. The summed E-state index contributed by atoms with van der Waals surface area (Å²) in [5, 5.41) is 16.7.